The molecule has 2 N–H and O–H groups in total. The molecule has 1 fully saturated rings. The fraction of sp³-hybridized carbons (Fsp3) is 0.542. The number of fused-ring (bicyclic) bond motifs is 1. The summed E-state index contributed by atoms with van der Waals surface area (Å²) in [5, 5.41) is 22.0. The van der Waals surface area contributed by atoms with Crippen LogP contribution in [0, 0.1) is 12.3 Å². The summed E-state index contributed by atoms with van der Waals surface area (Å²) in [6.45, 7) is 6.13. The van der Waals surface area contributed by atoms with Crippen LogP contribution in [0.2, 0.25) is 0 Å². The van der Waals surface area contributed by atoms with Crippen molar-refractivity contribution in [2.75, 3.05) is 0 Å². The number of pyridine rings is 1. The first-order chi connectivity index (χ1) is 14.0. The zero-order valence-electron chi connectivity index (χ0n) is 17.6. The van der Waals surface area contributed by atoms with Crippen molar-refractivity contribution in [1.82, 2.24) is 4.98 Å². The van der Waals surface area contributed by atoms with Gasteiger partial charge in [0.1, 0.15) is 6.10 Å². The van der Waals surface area contributed by atoms with E-state index in [2.05, 4.69) is 13.8 Å². The second kappa shape index (κ2) is 7.34. The van der Waals surface area contributed by atoms with E-state index in [1.54, 1.807) is 0 Å². The van der Waals surface area contributed by atoms with Crippen molar-refractivity contribution in [2.45, 2.75) is 77.2 Å². The molecular formula is C24H28F3NO2. The number of nitrogens with zero attached hydrogens (tertiary/aromatic N) is 1. The van der Waals surface area contributed by atoms with Crippen LogP contribution in [0.4, 0.5) is 13.2 Å². The van der Waals surface area contributed by atoms with Crippen molar-refractivity contribution in [2.24, 2.45) is 5.41 Å². The molecule has 2 unspecified atom stereocenters. The molecule has 162 valence electrons. The Labute approximate surface area is 175 Å². The molecule has 1 aromatic carbocycles. The Morgan fingerprint density at radius 2 is 1.77 bits per heavy atom. The predicted octanol–water partition coefficient (Wildman–Crippen LogP) is 5.76. The number of rotatable bonds is 3. The van der Waals surface area contributed by atoms with E-state index in [1.165, 1.54) is 12.1 Å². The van der Waals surface area contributed by atoms with Crippen molar-refractivity contribution in [3.63, 3.8) is 0 Å². The SMILES string of the molecule is Cc1c2c(nc(C3CCC3)c1C(O)c1ccc(C(F)(F)F)cc1)CC(C)(C)CC2O. The third kappa shape index (κ3) is 3.76. The van der Waals surface area contributed by atoms with E-state index in [9.17, 15) is 23.4 Å². The summed E-state index contributed by atoms with van der Waals surface area (Å²) >= 11 is 0. The Bertz CT molecular complexity index is 946. The summed E-state index contributed by atoms with van der Waals surface area (Å²) in [5.41, 5.74) is 3.58. The Morgan fingerprint density at radius 1 is 1.13 bits per heavy atom. The Balaban J connectivity index is 1.81. The molecule has 0 bridgehead atoms. The first kappa shape index (κ1) is 21.3. The standard InChI is InChI=1S/C24H28F3NO2/c1-13-19-17(11-23(2,3)12-18(19)29)28-21(14-5-4-6-14)20(13)22(30)15-7-9-16(10-8-15)24(25,26)27/h7-10,14,18,22,29-30H,4-6,11-12H2,1-3H3. The maximum atomic E-state index is 12.9. The number of hydrogen-bond acceptors (Lipinski definition) is 3. The molecule has 4 rings (SSSR count). The molecule has 2 aliphatic rings. The molecule has 0 amide bonds. The van der Waals surface area contributed by atoms with Crippen molar-refractivity contribution in [1.29, 1.82) is 0 Å². The van der Waals surface area contributed by atoms with Crippen LogP contribution >= 0.6 is 0 Å². The highest BCUT2D eigenvalue weighted by atomic mass is 19.4. The van der Waals surface area contributed by atoms with Gasteiger partial charge in [0.2, 0.25) is 0 Å². The molecule has 0 aliphatic heterocycles. The number of benzene rings is 1. The summed E-state index contributed by atoms with van der Waals surface area (Å²) in [4.78, 5) is 4.95. The van der Waals surface area contributed by atoms with Gasteiger partial charge < -0.3 is 10.2 Å². The summed E-state index contributed by atoms with van der Waals surface area (Å²) in [5.74, 6) is 0.246. The molecule has 30 heavy (non-hydrogen) atoms. The molecule has 6 heteroatoms. The number of halogens is 3. The van der Waals surface area contributed by atoms with Gasteiger partial charge in [-0.1, -0.05) is 32.4 Å². The Kier molecular flexibility index (Phi) is 5.22. The second-order valence-electron chi connectivity index (χ2n) is 9.61. The highest BCUT2D eigenvalue weighted by Crippen LogP contribution is 2.47. The monoisotopic (exact) mass is 419 g/mol. The minimum absolute atomic E-state index is 0.0592. The van der Waals surface area contributed by atoms with Crippen molar-refractivity contribution in [3.05, 3.63) is 63.5 Å². The average molecular weight is 419 g/mol. The lowest BCUT2D eigenvalue weighted by molar-refractivity contribution is -0.137. The van der Waals surface area contributed by atoms with Crippen molar-refractivity contribution in [3.8, 4) is 0 Å². The van der Waals surface area contributed by atoms with Crippen LogP contribution in [0.1, 0.15) is 96.9 Å². The van der Waals surface area contributed by atoms with Crippen LogP contribution in [0.15, 0.2) is 24.3 Å². The Morgan fingerprint density at radius 3 is 2.30 bits per heavy atom. The molecule has 0 spiro atoms. The van der Waals surface area contributed by atoms with Crippen LogP contribution in [-0.2, 0) is 12.6 Å². The fourth-order valence-corrected chi connectivity index (χ4v) is 4.91. The minimum atomic E-state index is -4.42. The van der Waals surface area contributed by atoms with E-state index in [0.717, 1.165) is 60.3 Å². The van der Waals surface area contributed by atoms with Gasteiger partial charge in [0.05, 0.1) is 17.4 Å². The van der Waals surface area contributed by atoms with Crippen LogP contribution in [0.5, 0.6) is 0 Å². The zero-order chi connectivity index (χ0) is 21.8. The lowest BCUT2D eigenvalue weighted by Gasteiger charge is -2.38. The van der Waals surface area contributed by atoms with Crippen molar-refractivity contribution >= 4 is 0 Å². The van der Waals surface area contributed by atoms with E-state index < -0.39 is 23.9 Å². The van der Waals surface area contributed by atoms with E-state index in [4.69, 9.17) is 4.98 Å². The highest BCUT2D eigenvalue weighted by molar-refractivity contribution is 5.48. The molecule has 0 saturated heterocycles. The molecular weight excluding hydrogens is 391 g/mol. The van der Waals surface area contributed by atoms with E-state index in [1.807, 2.05) is 6.92 Å². The first-order valence-electron chi connectivity index (χ1n) is 10.5. The maximum absolute atomic E-state index is 12.9. The molecule has 1 heterocycles. The van der Waals surface area contributed by atoms with Crippen LogP contribution in [0.3, 0.4) is 0 Å². The van der Waals surface area contributed by atoms with Gasteiger partial charge in [0.25, 0.3) is 0 Å². The van der Waals surface area contributed by atoms with E-state index in [-0.39, 0.29) is 11.3 Å². The van der Waals surface area contributed by atoms with Gasteiger partial charge >= 0.3 is 6.18 Å². The molecule has 2 atom stereocenters. The summed E-state index contributed by atoms with van der Waals surface area (Å²) in [6.07, 6.45) is -1.70. The molecule has 2 aromatic rings. The molecule has 2 aliphatic carbocycles. The van der Waals surface area contributed by atoms with Crippen LogP contribution in [0.25, 0.3) is 0 Å². The van der Waals surface area contributed by atoms with E-state index in [0.29, 0.717) is 17.5 Å². The largest absolute Gasteiger partial charge is 0.416 e. The van der Waals surface area contributed by atoms with Gasteiger partial charge in [-0.25, -0.2) is 0 Å². The number of hydrogen-bond donors (Lipinski definition) is 2. The van der Waals surface area contributed by atoms with Crippen molar-refractivity contribution < 1.29 is 23.4 Å². The number of aliphatic hydroxyl groups is 2. The van der Waals surface area contributed by atoms with Crippen LogP contribution in [-0.4, -0.2) is 15.2 Å². The van der Waals surface area contributed by atoms with Gasteiger partial charge in [-0.15, -0.1) is 0 Å². The van der Waals surface area contributed by atoms with E-state index >= 15 is 0 Å². The van der Waals surface area contributed by atoms with Crippen LogP contribution < -0.4 is 0 Å². The van der Waals surface area contributed by atoms with Gasteiger partial charge in [-0.05, 0) is 61.3 Å². The summed E-state index contributed by atoms with van der Waals surface area (Å²) in [7, 11) is 0. The summed E-state index contributed by atoms with van der Waals surface area (Å²) < 4.78 is 38.8. The average Bonchev–Trinajstić information content (AvgIpc) is 2.57. The number of aliphatic hydroxyl groups excluding tert-OH is 2. The quantitative estimate of drug-likeness (QED) is 0.665. The normalized spacial score (nSPS) is 22.3. The highest BCUT2D eigenvalue weighted by Gasteiger charge is 2.38. The number of alkyl halides is 3. The molecule has 1 aromatic heterocycles. The molecule has 1 saturated carbocycles. The van der Waals surface area contributed by atoms with Gasteiger partial charge in [0.15, 0.2) is 0 Å². The molecule has 0 radical (unpaired) electrons. The lowest BCUT2D eigenvalue weighted by atomic mass is 9.71. The topological polar surface area (TPSA) is 53.4 Å². The van der Waals surface area contributed by atoms with Gasteiger partial charge in [-0.2, -0.15) is 13.2 Å². The lowest BCUT2D eigenvalue weighted by Crippen LogP contribution is -2.30. The maximum Gasteiger partial charge on any atom is 0.416 e. The summed E-state index contributed by atoms with van der Waals surface area (Å²) in [6, 6.07) is 4.66. The van der Waals surface area contributed by atoms with Gasteiger partial charge in [-0.3, -0.25) is 4.98 Å². The first-order valence-corrected chi connectivity index (χ1v) is 10.5. The molecule has 3 nitrogen and oxygen atoms in total. The third-order valence-corrected chi connectivity index (χ3v) is 6.69. The van der Waals surface area contributed by atoms with Gasteiger partial charge in [0, 0.05) is 22.7 Å². The fourth-order valence-electron chi connectivity index (χ4n) is 4.91. The second-order valence-corrected chi connectivity index (χ2v) is 9.61. The minimum Gasteiger partial charge on any atom is -0.388 e. The smallest absolute Gasteiger partial charge is 0.388 e. The number of aromatic nitrogens is 1. The predicted molar refractivity (Wildman–Crippen MR) is 108 cm³/mol. The Hall–Kier alpha value is -1.92. The zero-order valence-corrected chi connectivity index (χ0v) is 17.6. The third-order valence-electron chi connectivity index (χ3n) is 6.69.